The SMILES string of the molecule is Cn1nccc1S(=O)(=O)Nc1ccccc1N. The van der Waals surface area contributed by atoms with Gasteiger partial charge in [-0.25, -0.2) is 0 Å². The van der Waals surface area contributed by atoms with Crippen LogP contribution in [0.5, 0.6) is 0 Å². The molecule has 0 aliphatic heterocycles. The molecule has 0 amide bonds. The third-order valence-corrected chi connectivity index (χ3v) is 3.70. The van der Waals surface area contributed by atoms with E-state index in [-0.39, 0.29) is 5.03 Å². The van der Waals surface area contributed by atoms with Crippen molar-refractivity contribution in [3.8, 4) is 0 Å². The van der Waals surface area contributed by atoms with Crippen molar-refractivity contribution in [2.75, 3.05) is 10.5 Å². The van der Waals surface area contributed by atoms with Crippen molar-refractivity contribution in [2.45, 2.75) is 5.03 Å². The molecule has 0 saturated carbocycles. The van der Waals surface area contributed by atoms with Crippen LogP contribution in [-0.4, -0.2) is 18.2 Å². The van der Waals surface area contributed by atoms with Crippen molar-refractivity contribution in [3.63, 3.8) is 0 Å². The minimum Gasteiger partial charge on any atom is -0.397 e. The Morgan fingerprint density at radius 1 is 1.29 bits per heavy atom. The molecule has 0 bridgehead atoms. The van der Waals surface area contributed by atoms with E-state index >= 15 is 0 Å². The van der Waals surface area contributed by atoms with E-state index in [0.29, 0.717) is 11.4 Å². The third kappa shape index (κ3) is 2.23. The van der Waals surface area contributed by atoms with E-state index < -0.39 is 10.0 Å². The lowest BCUT2D eigenvalue weighted by Crippen LogP contribution is -2.17. The number of para-hydroxylation sites is 2. The number of nitrogens with one attached hydrogen (secondary N) is 1. The summed E-state index contributed by atoms with van der Waals surface area (Å²) >= 11 is 0. The largest absolute Gasteiger partial charge is 0.397 e. The van der Waals surface area contributed by atoms with Gasteiger partial charge in [0.05, 0.1) is 17.6 Å². The number of rotatable bonds is 3. The Kier molecular flexibility index (Phi) is 2.76. The Morgan fingerprint density at radius 3 is 2.59 bits per heavy atom. The normalized spacial score (nSPS) is 11.4. The predicted molar refractivity (Wildman–Crippen MR) is 64.9 cm³/mol. The van der Waals surface area contributed by atoms with E-state index in [1.165, 1.54) is 16.9 Å². The highest BCUT2D eigenvalue weighted by atomic mass is 32.2. The third-order valence-electron chi connectivity index (χ3n) is 2.26. The fourth-order valence-electron chi connectivity index (χ4n) is 1.41. The van der Waals surface area contributed by atoms with E-state index in [1.807, 2.05) is 0 Å². The van der Waals surface area contributed by atoms with Gasteiger partial charge in [0.15, 0.2) is 5.03 Å². The molecule has 0 atom stereocenters. The minimum absolute atomic E-state index is 0.0840. The summed E-state index contributed by atoms with van der Waals surface area (Å²) in [7, 11) is -2.09. The number of benzene rings is 1. The number of hydrogen-bond acceptors (Lipinski definition) is 4. The summed E-state index contributed by atoms with van der Waals surface area (Å²) in [5.74, 6) is 0. The molecule has 0 spiro atoms. The second kappa shape index (κ2) is 4.10. The fourth-order valence-corrected chi connectivity index (χ4v) is 2.63. The second-order valence-electron chi connectivity index (χ2n) is 3.49. The summed E-state index contributed by atoms with van der Waals surface area (Å²) in [4.78, 5) is 0. The molecule has 1 aromatic carbocycles. The highest BCUT2D eigenvalue weighted by Crippen LogP contribution is 2.20. The molecule has 0 saturated heterocycles. The molecule has 2 rings (SSSR count). The lowest BCUT2D eigenvalue weighted by Gasteiger charge is -2.09. The molecule has 0 unspecified atom stereocenters. The Labute approximate surface area is 99.1 Å². The highest BCUT2D eigenvalue weighted by Gasteiger charge is 2.18. The van der Waals surface area contributed by atoms with Gasteiger partial charge in [-0.3, -0.25) is 9.40 Å². The van der Waals surface area contributed by atoms with Gasteiger partial charge in [-0.1, -0.05) is 12.1 Å². The van der Waals surface area contributed by atoms with Gasteiger partial charge in [-0.15, -0.1) is 0 Å². The molecule has 0 aliphatic carbocycles. The molecule has 6 nitrogen and oxygen atoms in total. The summed E-state index contributed by atoms with van der Waals surface area (Å²) < 4.78 is 27.7. The maximum atomic E-state index is 12.0. The zero-order valence-corrected chi connectivity index (χ0v) is 9.98. The molecule has 0 aliphatic rings. The summed E-state index contributed by atoms with van der Waals surface area (Å²) in [5, 5.41) is 3.90. The maximum absolute atomic E-state index is 12.0. The first-order chi connectivity index (χ1) is 8.00. The van der Waals surface area contributed by atoms with Gasteiger partial charge in [0.1, 0.15) is 0 Å². The average Bonchev–Trinajstić information content (AvgIpc) is 2.68. The van der Waals surface area contributed by atoms with Gasteiger partial charge in [0, 0.05) is 7.05 Å². The smallest absolute Gasteiger partial charge is 0.279 e. The van der Waals surface area contributed by atoms with Gasteiger partial charge in [0.25, 0.3) is 10.0 Å². The monoisotopic (exact) mass is 252 g/mol. The van der Waals surface area contributed by atoms with Gasteiger partial charge in [0.2, 0.25) is 0 Å². The predicted octanol–water partition coefficient (Wildman–Crippen LogP) is 0.803. The van der Waals surface area contributed by atoms with Crippen LogP contribution in [0.1, 0.15) is 0 Å². The first-order valence-electron chi connectivity index (χ1n) is 4.86. The van der Waals surface area contributed by atoms with Crippen LogP contribution in [0.4, 0.5) is 11.4 Å². The Balaban J connectivity index is 2.37. The number of hydrogen-bond donors (Lipinski definition) is 2. The molecule has 90 valence electrons. The Bertz CT molecular complexity index is 633. The van der Waals surface area contributed by atoms with Crippen LogP contribution in [0.25, 0.3) is 0 Å². The topological polar surface area (TPSA) is 90.0 Å². The van der Waals surface area contributed by atoms with Crippen molar-refractivity contribution < 1.29 is 8.42 Å². The van der Waals surface area contributed by atoms with Crippen LogP contribution in [0.2, 0.25) is 0 Å². The number of aryl methyl sites for hydroxylation is 1. The molecule has 0 fully saturated rings. The lowest BCUT2D eigenvalue weighted by molar-refractivity contribution is 0.582. The van der Waals surface area contributed by atoms with Crippen LogP contribution >= 0.6 is 0 Å². The highest BCUT2D eigenvalue weighted by molar-refractivity contribution is 7.92. The van der Waals surface area contributed by atoms with E-state index in [1.54, 1.807) is 31.3 Å². The van der Waals surface area contributed by atoms with Crippen molar-refractivity contribution in [1.82, 2.24) is 9.78 Å². The van der Waals surface area contributed by atoms with Crippen LogP contribution in [0.15, 0.2) is 41.6 Å². The second-order valence-corrected chi connectivity index (χ2v) is 5.12. The molecular weight excluding hydrogens is 240 g/mol. The van der Waals surface area contributed by atoms with Gasteiger partial charge < -0.3 is 5.73 Å². The van der Waals surface area contributed by atoms with E-state index in [9.17, 15) is 8.42 Å². The van der Waals surface area contributed by atoms with Crippen molar-refractivity contribution >= 4 is 21.4 Å². The van der Waals surface area contributed by atoms with E-state index in [4.69, 9.17) is 5.73 Å². The average molecular weight is 252 g/mol. The number of nitrogen functional groups attached to an aromatic ring is 1. The molecule has 2 aromatic rings. The number of aromatic nitrogens is 2. The minimum atomic E-state index is -3.65. The van der Waals surface area contributed by atoms with E-state index in [0.717, 1.165) is 0 Å². The van der Waals surface area contributed by atoms with Crippen LogP contribution < -0.4 is 10.5 Å². The Morgan fingerprint density at radius 2 is 2.00 bits per heavy atom. The number of sulfonamides is 1. The van der Waals surface area contributed by atoms with Crippen molar-refractivity contribution in [3.05, 3.63) is 36.5 Å². The number of anilines is 2. The quantitative estimate of drug-likeness (QED) is 0.791. The molecule has 3 N–H and O–H groups in total. The van der Waals surface area contributed by atoms with Crippen molar-refractivity contribution in [2.24, 2.45) is 7.05 Å². The standard InChI is InChI=1S/C10H12N4O2S/c1-14-10(6-7-12-14)17(15,16)13-9-5-3-2-4-8(9)11/h2-7,13H,11H2,1H3. The summed E-state index contributed by atoms with van der Waals surface area (Å²) in [6.07, 6.45) is 1.42. The maximum Gasteiger partial charge on any atom is 0.279 e. The molecule has 1 heterocycles. The molecule has 17 heavy (non-hydrogen) atoms. The first-order valence-corrected chi connectivity index (χ1v) is 6.34. The molecule has 1 aromatic heterocycles. The number of nitrogens with two attached hydrogens (primary N) is 1. The molecular formula is C10H12N4O2S. The zero-order chi connectivity index (χ0) is 12.5. The zero-order valence-electron chi connectivity index (χ0n) is 9.16. The van der Waals surface area contributed by atoms with Gasteiger partial charge >= 0.3 is 0 Å². The van der Waals surface area contributed by atoms with E-state index in [2.05, 4.69) is 9.82 Å². The molecule has 0 radical (unpaired) electrons. The number of nitrogens with zero attached hydrogens (tertiary/aromatic N) is 2. The fraction of sp³-hybridized carbons (Fsp3) is 0.100. The van der Waals surface area contributed by atoms with Crippen molar-refractivity contribution in [1.29, 1.82) is 0 Å². The summed E-state index contributed by atoms with van der Waals surface area (Å²) in [6.45, 7) is 0. The first kappa shape index (κ1) is 11.5. The Hall–Kier alpha value is -2.02. The van der Waals surface area contributed by atoms with Gasteiger partial charge in [-0.2, -0.15) is 13.5 Å². The lowest BCUT2D eigenvalue weighted by atomic mass is 10.3. The van der Waals surface area contributed by atoms with Crippen LogP contribution in [-0.2, 0) is 17.1 Å². The summed E-state index contributed by atoms with van der Waals surface area (Å²) in [5.41, 5.74) is 6.40. The summed E-state index contributed by atoms with van der Waals surface area (Å²) in [6, 6.07) is 8.08. The van der Waals surface area contributed by atoms with Crippen LogP contribution in [0, 0.1) is 0 Å². The van der Waals surface area contributed by atoms with Crippen LogP contribution in [0.3, 0.4) is 0 Å². The van der Waals surface area contributed by atoms with Gasteiger partial charge in [-0.05, 0) is 18.2 Å². The molecule has 7 heteroatoms.